The van der Waals surface area contributed by atoms with Crippen LogP contribution in [0.1, 0.15) is 38.8 Å². The van der Waals surface area contributed by atoms with E-state index < -0.39 is 0 Å². The number of anilines is 1. The Morgan fingerprint density at radius 2 is 1.62 bits per heavy atom. The van der Waals surface area contributed by atoms with Gasteiger partial charge in [-0.05, 0) is 41.9 Å². The fraction of sp³-hybridized carbons (Fsp3) is 0.571. The number of aromatic hydroxyl groups is 1. The van der Waals surface area contributed by atoms with Crippen LogP contribution < -0.4 is 5.73 Å². The quantitative estimate of drug-likeness (QED) is 0.605. The van der Waals surface area contributed by atoms with Gasteiger partial charge in [-0.2, -0.15) is 0 Å². The van der Waals surface area contributed by atoms with Crippen LogP contribution in [0.3, 0.4) is 0 Å². The molecule has 0 fully saturated rings. The number of benzene rings is 1. The second-order valence-electron chi connectivity index (χ2n) is 5.33. The van der Waals surface area contributed by atoms with Crippen LogP contribution in [0.15, 0.2) is 12.1 Å². The lowest BCUT2D eigenvalue weighted by molar-refractivity contribution is 0.476. The van der Waals surface area contributed by atoms with Gasteiger partial charge in [0.25, 0.3) is 0 Å². The van der Waals surface area contributed by atoms with Crippen molar-refractivity contribution in [2.75, 3.05) is 5.73 Å². The normalized spacial score (nSPS) is 11.4. The van der Waals surface area contributed by atoms with E-state index in [1.165, 1.54) is 5.56 Å². The van der Waals surface area contributed by atoms with Gasteiger partial charge < -0.3 is 10.8 Å². The third-order valence-electron chi connectivity index (χ3n) is 2.67. The average Bonchev–Trinajstić information content (AvgIpc) is 2.16. The number of hydrogen-bond donors (Lipinski definition) is 2. The van der Waals surface area contributed by atoms with Crippen molar-refractivity contribution in [1.29, 1.82) is 0 Å². The highest BCUT2D eigenvalue weighted by atomic mass is 16.3. The van der Waals surface area contributed by atoms with Gasteiger partial charge in [-0.25, -0.2) is 0 Å². The molecule has 2 heteroatoms. The maximum absolute atomic E-state index is 9.65. The number of phenolic OH excluding ortho intramolecular Hbond substituents is 1. The van der Waals surface area contributed by atoms with Crippen LogP contribution >= 0.6 is 0 Å². The molecule has 0 aliphatic carbocycles. The molecule has 2 nitrogen and oxygen atoms in total. The molecule has 0 unspecified atom stereocenters. The van der Waals surface area contributed by atoms with Gasteiger partial charge in [0.05, 0.1) is 5.69 Å². The average molecular weight is 221 g/mol. The Bertz CT molecular complexity index is 356. The van der Waals surface area contributed by atoms with Crippen molar-refractivity contribution < 1.29 is 5.11 Å². The molecule has 0 spiro atoms. The summed E-state index contributed by atoms with van der Waals surface area (Å²) in [5.74, 6) is 1.37. The molecule has 0 aliphatic heterocycles. The Labute approximate surface area is 98.5 Å². The number of nitrogen functional groups attached to an aromatic ring is 1. The molecule has 90 valence electrons. The van der Waals surface area contributed by atoms with E-state index in [2.05, 4.69) is 27.7 Å². The zero-order valence-electron chi connectivity index (χ0n) is 10.7. The van der Waals surface area contributed by atoms with Crippen molar-refractivity contribution in [2.24, 2.45) is 11.8 Å². The molecule has 0 amide bonds. The van der Waals surface area contributed by atoms with Crippen LogP contribution in [0.2, 0.25) is 0 Å². The van der Waals surface area contributed by atoms with Crippen molar-refractivity contribution in [3.8, 4) is 5.75 Å². The maximum atomic E-state index is 9.65. The molecule has 0 heterocycles. The van der Waals surface area contributed by atoms with E-state index in [-0.39, 0.29) is 5.75 Å². The standard InChI is InChI=1S/C14H23NO/c1-9(2)7-11-5-6-13(16)14(15)12(11)8-10(3)4/h5-6,9-10,16H,7-8,15H2,1-4H3. The molecule has 0 saturated carbocycles. The lowest BCUT2D eigenvalue weighted by Crippen LogP contribution is -2.06. The van der Waals surface area contributed by atoms with E-state index in [1.54, 1.807) is 6.07 Å². The van der Waals surface area contributed by atoms with Crippen LogP contribution in [0.25, 0.3) is 0 Å². The summed E-state index contributed by atoms with van der Waals surface area (Å²) in [7, 11) is 0. The Morgan fingerprint density at radius 1 is 1.06 bits per heavy atom. The first kappa shape index (κ1) is 12.9. The minimum Gasteiger partial charge on any atom is -0.506 e. The van der Waals surface area contributed by atoms with Gasteiger partial charge in [0.2, 0.25) is 0 Å². The third-order valence-corrected chi connectivity index (χ3v) is 2.67. The Hall–Kier alpha value is -1.18. The maximum Gasteiger partial charge on any atom is 0.138 e. The summed E-state index contributed by atoms with van der Waals surface area (Å²) in [6.45, 7) is 8.73. The van der Waals surface area contributed by atoms with Crippen LogP contribution in [-0.2, 0) is 12.8 Å². The van der Waals surface area contributed by atoms with Crippen LogP contribution in [0, 0.1) is 11.8 Å². The van der Waals surface area contributed by atoms with Crippen LogP contribution in [-0.4, -0.2) is 5.11 Å². The molecule has 0 aromatic heterocycles. The molecule has 0 aliphatic rings. The summed E-state index contributed by atoms with van der Waals surface area (Å²) in [4.78, 5) is 0. The molecular weight excluding hydrogens is 198 g/mol. The predicted octanol–water partition coefficient (Wildman–Crippen LogP) is 3.37. The lowest BCUT2D eigenvalue weighted by atomic mass is 9.91. The van der Waals surface area contributed by atoms with E-state index in [1.807, 2.05) is 6.07 Å². The highest BCUT2D eigenvalue weighted by Gasteiger charge is 2.12. The number of nitrogens with two attached hydrogens (primary N) is 1. The van der Waals surface area contributed by atoms with Gasteiger partial charge in [-0.1, -0.05) is 33.8 Å². The van der Waals surface area contributed by atoms with Crippen molar-refractivity contribution in [2.45, 2.75) is 40.5 Å². The summed E-state index contributed by atoms with van der Waals surface area (Å²) in [6, 6.07) is 3.71. The zero-order chi connectivity index (χ0) is 12.3. The summed E-state index contributed by atoms with van der Waals surface area (Å²) < 4.78 is 0. The second-order valence-corrected chi connectivity index (χ2v) is 5.33. The van der Waals surface area contributed by atoms with E-state index in [0.717, 1.165) is 18.4 Å². The summed E-state index contributed by atoms with van der Waals surface area (Å²) in [6.07, 6.45) is 1.95. The Balaban J connectivity index is 3.11. The largest absolute Gasteiger partial charge is 0.506 e. The second kappa shape index (κ2) is 5.24. The third kappa shape index (κ3) is 3.16. The van der Waals surface area contributed by atoms with E-state index >= 15 is 0 Å². The first-order chi connectivity index (χ1) is 7.41. The molecule has 1 aromatic carbocycles. The minimum absolute atomic E-state index is 0.211. The van der Waals surface area contributed by atoms with E-state index in [4.69, 9.17) is 5.73 Å². The topological polar surface area (TPSA) is 46.2 Å². The van der Waals surface area contributed by atoms with Gasteiger partial charge in [-0.3, -0.25) is 0 Å². The van der Waals surface area contributed by atoms with Gasteiger partial charge >= 0.3 is 0 Å². The summed E-state index contributed by atoms with van der Waals surface area (Å²) in [5.41, 5.74) is 8.92. The molecule has 1 rings (SSSR count). The first-order valence-electron chi connectivity index (χ1n) is 6.01. The number of rotatable bonds is 4. The molecule has 1 aromatic rings. The fourth-order valence-corrected chi connectivity index (χ4v) is 1.98. The van der Waals surface area contributed by atoms with Crippen LogP contribution in [0.5, 0.6) is 5.75 Å². The molecule has 0 bridgehead atoms. The van der Waals surface area contributed by atoms with E-state index in [0.29, 0.717) is 17.5 Å². The highest BCUT2D eigenvalue weighted by Crippen LogP contribution is 2.30. The highest BCUT2D eigenvalue weighted by molar-refractivity contribution is 5.60. The summed E-state index contributed by atoms with van der Waals surface area (Å²) >= 11 is 0. The Morgan fingerprint density at radius 3 is 2.12 bits per heavy atom. The lowest BCUT2D eigenvalue weighted by Gasteiger charge is -2.16. The predicted molar refractivity (Wildman–Crippen MR) is 69.6 cm³/mol. The first-order valence-corrected chi connectivity index (χ1v) is 6.01. The van der Waals surface area contributed by atoms with E-state index in [9.17, 15) is 5.11 Å². The Kier molecular flexibility index (Phi) is 4.22. The fourth-order valence-electron chi connectivity index (χ4n) is 1.98. The molecular formula is C14H23NO. The molecule has 0 saturated heterocycles. The summed E-state index contributed by atoms with van der Waals surface area (Å²) in [5, 5.41) is 9.65. The smallest absolute Gasteiger partial charge is 0.138 e. The van der Waals surface area contributed by atoms with Crippen molar-refractivity contribution >= 4 is 5.69 Å². The van der Waals surface area contributed by atoms with Crippen molar-refractivity contribution in [3.05, 3.63) is 23.3 Å². The van der Waals surface area contributed by atoms with Crippen molar-refractivity contribution in [1.82, 2.24) is 0 Å². The minimum atomic E-state index is 0.211. The number of hydrogen-bond acceptors (Lipinski definition) is 2. The van der Waals surface area contributed by atoms with Gasteiger partial charge in [0.1, 0.15) is 5.75 Å². The molecule has 3 N–H and O–H groups in total. The van der Waals surface area contributed by atoms with Gasteiger partial charge in [-0.15, -0.1) is 0 Å². The van der Waals surface area contributed by atoms with Gasteiger partial charge in [0.15, 0.2) is 0 Å². The van der Waals surface area contributed by atoms with Crippen molar-refractivity contribution in [3.63, 3.8) is 0 Å². The molecule has 0 radical (unpaired) electrons. The molecule has 16 heavy (non-hydrogen) atoms. The van der Waals surface area contributed by atoms with Crippen LogP contribution in [0.4, 0.5) is 5.69 Å². The number of phenols is 1. The molecule has 0 atom stereocenters. The monoisotopic (exact) mass is 221 g/mol. The SMILES string of the molecule is CC(C)Cc1ccc(O)c(N)c1CC(C)C. The van der Waals surface area contributed by atoms with Gasteiger partial charge in [0, 0.05) is 0 Å². The zero-order valence-corrected chi connectivity index (χ0v) is 10.7.